The van der Waals surface area contributed by atoms with Crippen LogP contribution in [0.2, 0.25) is 0 Å². The fourth-order valence-corrected chi connectivity index (χ4v) is 5.27. The third-order valence-electron chi connectivity index (χ3n) is 7.33. The van der Waals surface area contributed by atoms with Crippen molar-refractivity contribution in [3.05, 3.63) is 71.2 Å². The van der Waals surface area contributed by atoms with Gasteiger partial charge in [0, 0.05) is 50.6 Å². The van der Waals surface area contributed by atoms with Crippen molar-refractivity contribution >= 4 is 12.1 Å². The first-order valence-corrected chi connectivity index (χ1v) is 13.5. The summed E-state index contributed by atoms with van der Waals surface area (Å²) >= 11 is 0. The maximum atomic E-state index is 11.5. The van der Waals surface area contributed by atoms with Crippen LogP contribution in [0.5, 0.6) is 5.75 Å². The minimum Gasteiger partial charge on any atom is -0.435 e. The first-order valence-electron chi connectivity index (χ1n) is 13.5. The second-order valence-electron chi connectivity index (χ2n) is 10.4. The standard InChI is InChI=1S/C21H25N3O3.C7H6F2O.C2H6O/c1-13-19(21(27-23-13)15-3-4-15)12-26-18-6-16-9-24(10-17(16)7-18)20-5-2-14(11-25)8-22-20;8-7(9)10-6-4-2-1-3-5-6;1-3-2/h2,5,8,11,15-18H,3-4,6-7,9-10,12H2,1H3;1-5,7H;1-2H3/t16-,17?,18?;;/m0../s1. The Balaban J connectivity index is 0.000000238. The lowest BCUT2D eigenvalue weighted by molar-refractivity contribution is -0.0498. The van der Waals surface area contributed by atoms with Crippen LogP contribution in [0.25, 0.3) is 0 Å². The van der Waals surface area contributed by atoms with Crippen LogP contribution in [0.15, 0.2) is 53.2 Å². The molecule has 1 aliphatic heterocycles. The molecule has 1 aromatic carbocycles. The number of methoxy groups -OCH3 is 1. The van der Waals surface area contributed by atoms with Crippen LogP contribution in [-0.4, -0.2) is 56.5 Å². The van der Waals surface area contributed by atoms with Crippen molar-refractivity contribution in [2.75, 3.05) is 32.2 Å². The number of alkyl halides is 2. The summed E-state index contributed by atoms with van der Waals surface area (Å²) in [4.78, 5) is 17.6. The van der Waals surface area contributed by atoms with Gasteiger partial charge in [0.05, 0.1) is 18.4 Å². The lowest BCUT2D eigenvalue weighted by atomic mass is 10.0. The van der Waals surface area contributed by atoms with Crippen LogP contribution in [0.4, 0.5) is 14.6 Å². The van der Waals surface area contributed by atoms with Crippen molar-refractivity contribution in [1.82, 2.24) is 10.1 Å². The molecule has 0 spiro atoms. The molecule has 0 radical (unpaired) electrons. The van der Waals surface area contributed by atoms with Crippen LogP contribution in [-0.2, 0) is 16.1 Å². The molecule has 2 saturated carbocycles. The summed E-state index contributed by atoms with van der Waals surface area (Å²) in [5, 5.41) is 4.15. The van der Waals surface area contributed by atoms with Crippen LogP contribution < -0.4 is 9.64 Å². The quantitative estimate of drug-likeness (QED) is 0.310. The highest BCUT2D eigenvalue weighted by Gasteiger charge is 2.42. The molecule has 8 nitrogen and oxygen atoms in total. The number of halogens is 2. The molecule has 6 rings (SSSR count). The number of pyridine rings is 1. The molecule has 1 saturated heterocycles. The molecule has 0 amide bonds. The molecule has 2 unspecified atom stereocenters. The zero-order chi connectivity index (χ0) is 28.5. The summed E-state index contributed by atoms with van der Waals surface area (Å²) < 4.78 is 43.1. The molecule has 3 heterocycles. The van der Waals surface area contributed by atoms with Gasteiger partial charge in [0.2, 0.25) is 0 Å². The number of rotatable bonds is 8. The van der Waals surface area contributed by atoms with Crippen molar-refractivity contribution in [2.45, 2.75) is 57.8 Å². The zero-order valence-corrected chi connectivity index (χ0v) is 23.2. The Morgan fingerprint density at radius 2 is 1.75 bits per heavy atom. The van der Waals surface area contributed by atoms with Crippen molar-refractivity contribution in [3.63, 3.8) is 0 Å². The maximum absolute atomic E-state index is 11.5. The van der Waals surface area contributed by atoms with Crippen molar-refractivity contribution in [3.8, 4) is 5.75 Å². The highest BCUT2D eigenvalue weighted by Crippen LogP contribution is 2.44. The lowest BCUT2D eigenvalue weighted by Crippen LogP contribution is -2.24. The number of benzene rings is 1. The van der Waals surface area contributed by atoms with Gasteiger partial charge >= 0.3 is 6.61 Å². The van der Waals surface area contributed by atoms with Crippen LogP contribution in [0.3, 0.4) is 0 Å². The highest BCUT2D eigenvalue weighted by atomic mass is 19.3. The topological polar surface area (TPSA) is 86.9 Å². The number of anilines is 1. The van der Waals surface area contributed by atoms with Gasteiger partial charge in [-0.25, -0.2) is 4.98 Å². The first kappa shape index (κ1) is 29.6. The van der Waals surface area contributed by atoms with E-state index in [0.29, 0.717) is 36.0 Å². The summed E-state index contributed by atoms with van der Waals surface area (Å²) in [7, 11) is 3.25. The van der Waals surface area contributed by atoms with Crippen LogP contribution in [0, 0.1) is 18.8 Å². The second kappa shape index (κ2) is 14.3. The summed E-state index contributed by atoms with van der Waals surface area (Å²) in [6, 6.07) is 11.8. The largest absolute Gasteiger partial charge is 0.435 e. The third-order valence-corrected chi connectivity index (χ3v) is 7.33. The van der Waals surface area contributed by atoms with Crippen LogP contribution in [0.1, 0.15) is 59.0 Å². The Morgan fingerprint density at radius 3 is 2.30 bits per heavy atom. The smallest absolute Gasteiger partial charge is 0.387 e. The Bertz CT molecular complexity index is 1170. The van der Waals surface area contributed by atoms with Gasteiger partial charge in [0.25, 0.3) is 0 Å². The first-order chi connectivity index (χ1) is 19.4. The molecule has 3 atom stereocenters. The number of carbonyl (C=O) groups is 1. The number of aromatic nitrogens is 2. The number of ether oxygens (including phenoxy) is 3. The van der Waals surface area contributed by atoms with Gasteiger partial charge < -0.3 is 23.6 Å². The van der Waals surface area contributed by atoms with E-state index in [9.17, 15) is 13.6 Å². The van der Waals surface area contributed by atoms with E-state index < -0.39 is 6.61 Å². The molecule has 40 heavy (non-hydrogen) atoms. The van der Waals surface area contributed by atoms with E-state index in [-0.39, 0.29) is 5.75 Å². The Kier molecular flexibility index (Phi) is 10.6. The molecule has 10 heteroatoms. The predicted molar refractivity (Wildman–Crippen MR) is 146 cm³/mol. The summed E-state index contributed by atoms with van der Waals surface area (Å²) in [6.07, 6.45) is 7.46. The van der Waals surface area contributed by atoms with E-state index in [1.165, 1.54) is 30.5 Å². The number of fused-ring (bicyclic) bond motifs is 1. The normalized spacial score (nSPS) is 21.2. The lowest BCUT2D eigenvalue weighted by Gasteiger charge is -2.20. The minimum atomic E-state index is -2.73. The number of carbonyl (C=O) groups excluding carboxylic acids is 1. The molecule has 3 fully saturated rings. The third kappa shape index (κ3) is 8.08. The Labute approximate surface area is 233 Å². The number of aryl methyl sites for hydroxylation is 1. The number of nitrogens with zero attached hydrogens (tertiary/aromatic N) is 3. The SMILES string of the molecule is COC.Cc1noc(C2CC2)c1COC1CC2CN(c3ccc(C=O)cn3)C[C@@H]2C1.FC(F)Oc1ccccc1. The summed E-state index contributed by atoms with van der Waals surface area (Å²) in [6.45, 7) is 1.96. The Morgan fingerprint density at radius 1 is 1.07 bits per heavy atom. The molecule has 0 N–H and O–H groups in total. The molecule has 3 aliphatic rings. The van der Waals surface area contributed by atoms with E-state index in [0.717, 1.165) is 49.5 Å². The van der Waals surface area contributed by atoms with E-state index >= 15 is 0 Å². The van der Waals surface area contributed by atoms with Crippen molar-refractivity contribution in [1.29, 1.82) is 0 Å². The molecular formula is C30H37F2N3O5. The fraction of sp³-hybridized carbons (Fsp3) is 0.500. The molecule has 3 aromatic rings. The van der Waals surface area contributed by atoms with Gasteiger partial charge in [0.1, 0.15) is 17.3 Å². The number of para-hydroxylation sites is 1. The average Bonchev–Trinajstić information content (AvgIpc) is 3.45. The van der Waals surface area contributed by atoms with Gasteiger partial charge in [-0.05, 0) is 68.7 Å². The zero-order valence-electron chi connectivity index (χ0n) is 23.2. The molecular weight excluding hydrogens is 520 g/mol. The molecule has 216 valence electrons. The number of hydrogen-bond acceptors (Lipinski definition) is 8. The number of aldehydes is 1. The Hall–Kier alpha value is -3.37. The van der Waals surface area contributed by atoms with Crippen LogP contribution >= 0.6 is 0 Å². The second-order valence-corrected chi connectivity index (χ2v) is 10.4. The molecule has 2 aromatic heterocycles. The van der Waals surface area contributed by atoms with Gasteiger partial charge in [-0.2, -0.15) is 8.78 Å². The van der Waals surface area contributed by atoms with Crippen molar-refractivity contribution in [2.24, 2.45) is 11.8 Å². The highest BCUT2D eigenvalue weighted by molar-refractivity contribution is 5.74. The minimum absolute atomic E-state index is 0.192. The van der Waals surface area contributed by atoms with Gasteiger partial charge in [-0.3, -0.25) is 4.79 Å². The predicted octanol–water partition coefficient (Wildman–Crippen LogP) is 6.05. The van der Waals surface area contributed by atoms with Crippen molar-refractivity contribution < 1.29 is 32.3 Å². The molecule has 2 aliphatic carbocycles. The van der Waals surface area contributed by atoms with Gasteiger partial charge in [0.15, 0.2) is 6.29 Å². The maximum Gasteiger partial charge on any atom is 0.387 e. The number of hydrogen-bond donors (Lipinski definition) is 0. The van der Waals surface area contributed by atoms with Gasteiger partial charge in [-0.1, -0.05) is 23.4 Å². The average molecular weight is 558 g/mol. The van der Waals surface area contributed by atoms with Gasteiger partial charge in [-0.15, -0.1) is 0 Å². The monoisotopic (exact) mass is 557 g/mol. The van der Waals surface area contributed by atoms with E-state index in [1.807, 2.05) is 19.1 Å². The van der Waals surface area contributed by atoms with E-state index in [2.05, 4.69) is 24.5 Å². The molecule has 0 bridgehead atoms. The summed E-state index contributed by atoms with van der Waals surface area (Å²) in [5.41, 5.74) is 2.78. The van der Waals surface area contributed by atoms with E-state index in [1.54, 1.807) is 38.6 Å². The van der Waals surface area contributed by atoms with E-state index in [4.69, 9.17) is 9.26 Å². The fourth-order valence-electron chi connectivity index (χ4n) is 5.27. The summed E-state index contributed by atoms with van der Waals surface area (Å²) in [5.74, 6) is 4.11.